The van der Waals surface area contributed by atoms with Gasteiger partial charge < -0.3 is 10.6 Å². The van der Waals surface area contributed by atoms with E-state index in [0.29, 0.717) is 11.4 Å². The number of nitrogens with zero attached hydrogens (tertiary/aromatic N) is 1. The van der Waals surface area contributed by atoms with Gasteiger partial charge in [0.25, 0.3) is 0 Å². The summed E-state index contributed by atoms with van der Waals surface area (Å²) in [5, 5.41) is 5.52. The normalized spacial score (nSPS) is 12.2. The molecular weight excluding hydrogens is 328 g/mol. The van der Waals surface area contributed by atoms with Gasteiger partial charge in [0.15, 0.2) is 0 Å². The molecule has 1 aromatic carbocycles. The molecule has 2 amide bonds. The van der Waals surface area contributed by atoms with Gasteiger partial charge in [-0.2, -0.15) is 0 Å². The molecule has 1 atom stereocenters. The highest BCUT2D eigenvalue weighted by Crippen LogP contribution is 2.15. The number of sulfonamides is 1. The van der Waals surface area contributed by atoms with Gasteiger partial charge in [0.05, 0.1) is 11.8 Å². The Balaban J connectivity index is 1.92. The van der Waals surface area contributed by atoms with Crippen LogP contribution in [0.5, 0.6) is 0 Å². The molecule has 0 aliphatic carbocycles. The molecule has 0 radical (unpaired) electrons. The molecule has 24 heavy (non-hydrogen) atoms. The van der Waals surface area contributed by atoms with E-state index in [-0.39, 0.29) is 17.8 Å². The summed E-state index contributed by atoms with van der Waals surface area (Å²) in [5.41, 5.74) is 1.96. The molecule has 0 saturated carbocycles. The summed E-state index contributed by atoms with van der Waals surface area (Å²) in [6.07, 6.45) is 3.34. The van der Waals surface area contributed by atoms with Crippen molar-refractivity contribution in [3.63, 3.8) is 0 Å². The molecule has 0 aliphatic heterocycles. The van der Waals surface area contributed by atoms with Gasteiger partial charge in [0, 0.05) is 23.8 Å². The summed E-state index contributed by atoms with van der Waals surface area (Å²) < 4.78 is 25.4. The number of benzene rings is 1. The van der Waals surface area contributed by atoms with Gasteiger partial charge in [0.1, 0.15) is 0 Å². The zero-order chi connectivity index (χ0) is 17.6. The van der Waals surface area contributed by atoms with Crippen LogP contribution in [0.4, 0.5) is 16.2 Å². The van der Waals surface area contributed by atoms with Crippen LogP contribution >= 0.6 is 0 Å². The molecule has 2 aromatic rings. The van der Waals surface area contributed by atoms with Gasteiger partial charge in [-0.3, -0.25) is 9.71 Å². The largest absolute Gasteiger partial charge is 0.331 e. The summed E-state index contributed by atoms with van der Waals surface area (Å²) >= 11 is 0. The van der Waals surface area contributed by atoms with Crippen molar-refractivity contribution in [1.29, 1.82) is 0 Å². The average Bonchev–Trinajstić information content (AvgIpc) is 2.57. The van der Waals surface area contributed by atoms with Gasteiger partial charge in [-0.1, -0.05) is 0 Å². The first-order chi connectivity index (χ1) is 11.4. The fraction of sp³-hybridized carbons (Fsp3) is 0.250. The third-order valence-corrected chi connectivity index (χ3v) is 4.66. The number of rotatable bonds is 6. The molecule has 0 fully saturated rings. The molecule has 128 valence electrons. The molecule has 1 heterocycles. The fourth-order valence-corrected chi connectivity index (χ4v) is 2.61. The van der Waals surface area contributed by atoms with Crippen molar-refractivity contribution in [2.45, 2.75) is 19.9 Å². The Morgan fingerprint density at radius 1 is 1.08 bits per heavy atom. The highest BCUT2D eigenvalue weighted by Gasteiger charge is 2.10. The first kappa shape index (κ1) is 17.7. The Bertz CT molecular complexity index is 777. The topological polar surface area (TPSA) is 100 Å². The summed E-state index contributed by atoms with van der Waals surface area (Å²) in [6, 6.07) is 9.60. The zero-order valence-electron chi connectivity index (χ0n) is 13.5. The number of hydrogen-bond donors (Lipinski definition) is 3. The maximum atomic E-state index is 12.0. The molecule has 0 aliphatic rings. The summed E-state index contributed by atoms with van der Waals surface area (Å²) in [5.74, 6) is 0.00228. The lowest BCUT2D eigenvalue weighted by atomic mass is 10.1. The van der Waals surface area contributed by atoms with Crippen molar-refractivity contribution in [3.05, 3.63) is 54.4 Å². The maximum absolute atomic E-state index is 12.0. The lowest BCUT2D eigenvalue weighted by Gasteiger charge is -2.15. The number of amides is 2. The molecule has 0 saturated heterocycles. The molecule has 0 bridgehead atoms. The second-order valence-electron chi connectivity index (χ2n) is 5.18. The number of carbonyl (C=O) groups excluding carboxylic acids is 1. The zero-order valence-corrected chi connectivity index (χ0v) is 14.3. The van der Waals surface area contributed by atoms with Gasteiger partial charge >= 0.3 is 6.03 Å². The van der Waals surface area contributed by atoms with Crippen LogP contribution in [0.15, 0.2) is 48.8 Å². The third-order valence-electron chi connectivity index (χ3n) is 3.35. The van der Waals surface area contributed by atoms with E-state index >= 15 is 0 Å². The lowest BCUT2D eigenvalue weighted by Crippen LogP contribution is -2.31. The van der Waals surface area contributed by atoms with E-state index in [1.54, 1.807) is 43.6 Å². The number of pyridine rings is 1. The van der Waals surface area contributed by atoms with Gasteiger partial charge in [-0.25, -0.2) is 13.2 Å². The van der Waals surface area contributed by atoms with Crippen molar-refractivity contribution in [2.24, 2.45) is 0 Å². The quantitative estimate of drug-likeness (QED) is 0.747. The van der Waals surface area contributed by atoms with Crippen molar-refractivity contribution in [3.8, 4) is 0 Å². The van der Waals surface area contributed by atoms with Gasteiger partial charge in [-0.15, -0.1) is 0 Å². The third kappa shape index (κ3) is 5.24. The summed E-state index contributed by atoms with van der Waals surface area (Å²) in [7, 11) is -3.31. The van der Waals surface area contributed by atoms with Crippen LogP contribution in [0.25, 0.3) is 0 Å². The number of carbonyl (C=O) groups is 1. The molecular formula is C16H20N4O3S. The number of aromatic nitrogens is 1. The first-order valence-electron chi connectivity index (χ1n) is 7.47. The molecule has 1 aromatic heterocycles. The predicted octanol–water partition coefficient (Wildman–Crippen LogP) is 2.73. The Kier molecular flexibility index (Phi) is 5.75. The van der Waals surface area contributed by atoms with Gasteiger partial charge in [-0.05, 0) is 55.8 Å². The number of hydrogen-bond acceptors (Lipinski definition) is 4. The first-order valence-corrected chi connectivity index (χ1v) is 9.13. The van der Waals surface area contributed by atoms with E-state index in [1.165, 1.54) is 0 Å². The van der Waals surface area contributed by atoms with Crippen LogP contribution in [0, 0.1) is 0 Å². The van der Waals surface area contributed by atoms with Crippen molar-refractivity contribution in [2.75, 3.05) is 15.8 Å². The molecule has 0 spiro atoms. The summed E-state index contributed by atoms with van der Waals surface area (Å²) in [6.45, 7) is 3.43. The highest BCUT2D eigenvalue weighted by molar-refractivity contribution is 7.92. The highest BCUT2D eigenvalue weighted by atomic mass is 32.2. The maximum Gasteiger partial charge on any atom is 0.319 e. The Hall–Kier alpha value is -2.61. The van der Waals surface area contributed by atoms with E-state index in [4.69, 9.17) is 0 Å². The van der Waals surface area contributed by atoms with Crippen molar-refractivity contribution < 1.29 is 13.2 Å². The Morgan fingerprint density at radius 3 is 2.25 bits per heavy atom. The molecule has 3 N–H and O–H groups in total. The van der Waals surface area contributed by atoms with E-state index in [0.717, 1.165) is 5.56 Å². The van der Waals surface area contributed by atoms with E-state index in [9.17, 15) is 13.2 Å². The second kappa shape index (κ2) is 7.78. The number of anilines is 2. The monoisotopic (exact) mass is 348 g/mol. The minimum absolute atomic E-state index is 0.00228. The fourth-order valence-electron chi connectivity index (χ4n) is 1.97. The Labute approximate surface area is 141 Å². The summed E-state index contributed by atoms with van der Waals surface area (Å²) in [4.78, 5) is 15.9. The average molecular weight is 348 g/mol. The number of nitrogens with one attached hydrogen (secondary N) is 3. The predicted molar refractivity (Wildman–Crippen MR) is 94.3 cm³/mol. The van der Waals surface area contributed by atoms with Crippen LogP contribution < -0.4 is 15.4 Å². The lowest BCUT2D eigenvalue weighted by molar-refractivity contribution is 0.249. The molecule has 8 heteroatoms. The van der Waals surface area contributed by atoms with E-state index < -0.39 is 10.0 Å². The second-order valence-corrected chi connectivity index (χ2v) is 7.19. The van der Waals surface area contributed by atoms with Gasteiger partial charge in [0.2, 0.25) is 10.0 Å². The smallest absolute Gasteiger partial charge is 0.319 e. The van der Waals surface area contributed by atoms with Crippen LogP contribution in [0.3, 0.4) is 0 Å². The molecule has 7 nitrogen and oxygen atoms in total. The molecule has 2 rings (SSSR count). The van der Waals surface area contributed by atoms with Crippen LogP contribution in [-0.2, 0) is 10.0 Å². The minimum atomic E-state index is -3.31. The minimum Gasteiger partial charge on any atom is -0.331 e. The molecule has 1 unspecified atom stereocenters. The Morgan fingerprint density at radius 2 is 1.67 bits per heavy atom. The van der Waals surface area contributed by atoms with Crippen LogP contribution in [-0.4, -0.2) is 25.2 Å². The van der Waals surface area contributed by atoms with E-state index in [2.05, 4.69) is 20.3 Å². The van der Waals surface area contributed by atoms with Crippen molar-refractivity contribution in [1.82, 2.24) is 10.3 Å². The number of urea groups is 1. The SMILES string of the molecule is CCS(=O)(=O)Nc1ccc(NC(=O)NC(C)c2ccncc2)cc1. The van der Waals surface area contributed by atoms with Crippen LogP contribution in [0.2, 0.25) is 0 Å². The van der Waals surface area contributed by atoms with E-state index in [1.807, 2.05) is 19.1 Å². The van der Waals surface area contributed by atoms with Crippen LogP contribution in [0.1, 0.15) is 25.5 Å². The van der Waals surface area contributed by atoms with Crippen molar-refractivity contribution >= 4 is 27.4 Å². The standard InChI is InChI=1S/C16H20N4O3S/c1-3-24(22,23)20-15-6-4-14(5-7-15)19-16(21)18-12(2)13-8-10-17-11-9-13/h4-12,20H,3H2,1-2H3,(H2,18,19,21).